The number of ether oxygens (including phenoxy) is 1. The van der Waals surface area contributed by atoms with Crippen molar-refractivity contribution in [1.82, 2.24) is 4.90 Å². The lowest BCUT2D eigenvalue weighted by Gasteiger charge is -2.23. The van der Waals surface area contributed by atoms with Gasteiger partial charge < -0.3 is 20.5 Å². The van der Waals surface area contributed by atoms with Crippen molar-refractivity contribution in [2.45, 2.75) is 13.3 Å². The van der Waals surface area contributed by atoms with Crippen LogP contribution < -0.4 is 5.73 Å². The maximum Gasteiger partial charge on any atom is 0.323 e. The first-order valence-corrected chi connectivity index (χ1v) is 5.22. The third-order valence-electron chi connectivity index (χ3n) is 2.22. The molecule has 0 heterocycles. The topological polar surface area (TPSA) is 92.9 Å². The highest BCUT2D eigenvalue weighted by molar-refractivity contribution is 5.82. The molecule has 1 unspecified atom stereocenters. The first kappa shape index (κ1) is 14.9. The Morgan fingerprint density at radius 2 is 2.12 bits per heavy atom. The summed E-state index contributed by atoms with van der Waals surface area (Å²) >= 11 is 0. The summed E-state index contributed by atoms with van der Waals surface area (Å²) < 4.78 is 4.83. The highest BCUT2D eigenvalue weighted by Crippen LogP contribution is 2.06. The minimum absolute atomic E-state index is 0.190. The molecule has 0 aliphatic rings. The number of hydrogen-bond acceptors (Lipinski definition) is 4. The standard InChI is InChI=1S/C10H20N2O4/c1-8(3-4-11)10(15)12(5-6-16-2)7-9(13)14/h8H,3-7,11H2,1-2H3,(H,13,14). The number of nitrogens with two attached hydrogens (primary N) is 1. The van der Waals surface area contributed by atoms with E-state index >= 15 is 0 Å². The van der Waals surface area contributed by atoms with Crippen LogP contribution in [0.25, 0.3) is 0 Å². The fourth-order valence-electron chi connectivity index (χ4n) is 1.32. The molecule has 0 saturated carbocycles. The Morgan fingerprint density at radius 1 is 1.50 bits per heavy atom. The molecule has 0 aliphatic heterocycles. The Balaban J connectivity index is 4.35. The van der Waals surface area contributed by atoms with Gasteiger partial charge in [-0.15, -0.1) is 0 Å². The molecule has 1 amide bonds. The van der Waals surface area contributed by atoms with E-state index in [4.69, 9.17) is 15.6 Å². The molecule has 0 aromatic rings. The highest BCUT2D eigenvalue weighted by Gasteiger charge is 2.21. The molecule has 0 aromatic heterocycles. The van der Waals surface area contributed by atoms with Crippen LogP contribution in [0.1, 0.15) is 13.3 Å². The summed E-state index contributed by atoms with van der Waals surface area (Å²) in [5, 5.41) is 8.68. The van der Waals surface area contributed by atoms with Gasteiger partial charge in [0.05, 0.1) is 6.61 Å². The second-order valence-electron chi connectivity index (χ2n) is 3.62. The van der Waals surface area contributed by atoms with E-state index in [1.54, 1.807) is 6.92 Å². The van der Waals surface area contributed by atoms with Crippen molar-refractivity contribution in [2.75, 3.05) is 33.4 Å². The lowest BCUT2D eigenvalue weighted by Crippen LogP contribution is -2.41. The number of carbonyl (C=O) groups excluding carboxylic acids is 1. The third kappa shape index (κ3) is 5.67. The average molecular weight is 232 g/mol. The molecular weight excluding hydrogens is 212 g/mol. The summed E-state index contributed by atoms with van der Waals surface area (Å²) in [4.78, 5) is 23.7. The van der Waals surface area contributed by atoms with Crippen LogP contribution in [-0.4, -0.2) is 55.2 Å². The quantitative estimate of drug-likeness (QED) is 0.590. The number of methoxy groups -OCH3 is 1. The highest BCUT2D eigenvalue weighted by atomic mass is 16.5. The van der Waals surface area contributed by atoms with E-state index in [0.29, 0.717) is 19.6 Å². The zero-order valence-corrected chi connectivity index (χ0v) is 9.81. The minimum atomic E-state index is -1.02. The number of rotatable bonds is 8. The summed E-state index contributed by atoms with van der Waals surface area (Å²) in [5.41, 5.74) is 5.36. The number of carboxylic acid groups (broad SMARTS) is 1. The van der Waals surface area contributed by atoms with Gasteiger partial charge in [0.15, 0.2) is 0 Å². The lowest BCUT2D eigenvalue weighted by atomic mass is 10.1. The van der Waals surface area contributed by atoms with Crippen LogP contribution in [0.2, 0.25) is 0 Å². The molecule has 0 aromatic carbocycles. The molecule has 0 rings (SSSR count). The monoisotopic (exact) mass is 232 g/mol. The Hall–Kier alpha value is -1.14. The molecule has 16 heavy (non-hydrogen) atoms. The SMILES string of the molecule is COCCN(CC(=O)O)C(=O)C(C)CCN. The molecule has 0 saturated heterocycles. The van der Waals surface area contributed by atoms with Crippen molar-refractivity contribution in [2.24, 2.45) is 11.7 Å². The van der Waals surface area contributed by atoms with Gasteiger partial charge in [0.25, 0.3) is 0 Å². The van der Waals surface area contributed by atoms with E-state index in [1.807, 2.05) is 0 Å². The van der Waals surface area contributed by atoms with Crippen molar-refractivity contribution in [3.8, 4) is 0 Å². The second kappa shape index (κ2) is 8.06. The van der Waals surface area contributed by atoms with Gasteiger partial charge in [-0.25, -0.2) is 0 Å². The Kier molecular flexibility index (Phi) is 7.49. The molecule has 6 heteroatoms. The summed E-state index contributed by atoms with van der Waals surface area (Å²) in [6, 6.07) is 0. The van der Waals surface area contributed by atoms with Gasteiger partial charge in [0.2, 0.25) is 5.91 Å². The van der Waals surface area contributed by atoms with E-state index in [9.17, 15) is 9.59 Å². The fourth-order valence-corrected chi connectivity index (χ4v) is 1.32. The largest absolute Gasteiger partial charge is 0.480 e. The van der Waals surface area contributed by atoms with Crippen LogP contribution >= 0.6 is 0 Å². The minimum Gasteiger partial charge on any atom is -0.480 e. The van der Waals surface area contributed by atoms with Gasteiger partial charge in [-0.05, 0) is 13.0 Å². The molecule has 94 valence electrons. The first-order chi connectivity index (χ1) is 7.52. The van der Waals surface area contributed by atoms with E-state index in [-0.39, 0.29) is 24.9 Å². The van der Waals surface area contributed by atoms with E-state index in [2.05, 4.69) is 0 Å². The van der Waals surface area contributed by atoms with Crippen molar-refractivity contribution in [3.05, 3.63) is 0 Å². The molecule has 0 fully saturated rings. The molecule has 6 nitrogen and oxygen atoms in total. The van der Waals surface area contributed by atoms with E-state index < -0.39 is 5.97 Å². The Bertz CT molecular complexity index is 233. The molecule has 0 aliphatic carbocycles. The number of amides is 1. The number of nitrogens with zero attached hydrogens (tertiary/aromatic N) is 1. The molecule has 0 spiro atoms. The van der Waals surface area contributed by atoms with Crippen LogP contribution in [0.5, 0.6) is 0 Å². The predicted molar refractivity (Wildman–Crippen MR) is 58.9 cm³/mol. The van der Waals surface area contributed by atoms with Gasteiger partial charge in [-0.3, -0.25) is 9.59 Å². The summed E-state index contributed by atoms with van der Waals surface area (Å²) in [6.07, 6.45) is 0.557. The van der Waals surface area contributed by atoms with Crippen LogP contribution in [0.3, 0.4) is 0 Å². The number of carboxylic acids is 1. The van der Waals surface area contributed by atoms with Crippen molar-refractivity contribution in [3.63, 3.8) is 0 Å². The molecule has 0 radical (unpaired) electrons. The van der Waals surface area contributed by atoms with Crippen LogP contribution in [-0.2, 0) is 14.3 Å². The molecule has 3 N–H and O–H groups in total. The van der Waals surface area contributed by atoms with E-state index in [0.717, 1.165) is 0 Å². The Labute approximate surface area is 95.4 Å². The van der Waals surface area contributed by atoms with Crippen molar-refractivity contribution >= 4 is 11.9 Å². The average Bonchev–Trinajstić information content (AvgIpc) is 2.23. The maximum atomic E-state index is 11.8. The summed E-state index contributed by atoms with van der Waals surface area (Å²) in [5.74, 6) is -1.46. The third-order valence-corrected chi connectivity index (χ3v) is 2.22. The lowest BCUT2D eigenvalue weighted by molar-refractivity contribution is -0.146. The van der Waals surface area contributed by atoms with Gasteiger partial charge in [0.1, 0.15) is 6.54 Å². The van der Waals surface area contributed by atoms with Gasteiger partial charge >= 0.3 is 5.97 Å². The maximum absolute atomic E-state index is 11.8. The van der Waals surface area contributed by atoms with Crippen LogP contribution in [0.4, 0.5) is 0 Å². The fraction of sp³-hybridized carbons (Fsp3) is 0.800. The summed E-state index contributed by atoms with van der Waals surface area (Å²) in [7, 11) is 1.51. The number of carbonyl (C=O) groups is 2. The van der Waals surface area contributed by atoms with Crippen molar-refractivity contribution < 1.29 is 19.4 Å². The number of hydrogen-bond donors (Lipinski definition) is 2. The molecule has 1 atom stereocenters. The van der Waals surface area contributed by atoms with Crippen LogP contribution in [0.15, 0.2) is 0 Å². The summed E-state index contributed by atoms with van der Waals surface area (Å²) in [6.45, 7) is 2.48. The molecular formula is C10H20N2O4. The zero-order valence-electron chi connectivity index (χ0n) is 9.81. The number of aliphatic carboxylic acids is 1. The zero-order chi connectivity index (χ0) is 12.6. The normalized spacial score (nSPS) is 12.2. The Morgan fingerprint density at radius 3 is 2.56 bits per heavy atom. The van der Waals surface area contributed by atoms with Gasteiger partial charge in [-0.1, -0.05) is 6.92 Å². The molecule has 0 bridgehead atoms. The van der Waals surface area contributed by atoms with Gasteiger partial charge in [0, 0.05) is 19.6 Å². The smallest absolute Gasteiger partial charge is 0.323 e. The van der Waals surface area contributed by atoms with E-state index in [1.165, 1.54) is 12.0 Å². The van der Waals surface area contributed by atoms with Crippen molar-refractivity contribution in [1.29, 1.82) is 0 Å². The first-order valence-electron chi connectivity index (χ1n) is 5.22. The second-order valence-corrected chi connectivity index (χ2v) is 3.62. The van der Waals surface area contributed by atoms with Gasteiger partial charge in [-0.2, -0.15) is 0 Å². The van der Waals surface area contributed by atoms with Crippen LogP contribution in [0, 0.1) is 5.92 Å². The predicted octanol–water partition coefficient (Wildman–Crippen LogP) is -0.469.